The fourth-order valence-electron chi connectivity index (χ4n) is 4.38. The highest BCUT2D eigenvalue weighted by atomic mass is 79.9. The van der Waals surface area contributed by atoms with Crippen molar-refractivity contribution in [3.63, 3.8) is 0 Å². The summed E-state index contributed by atoms with van der Waals surface area (Å²) in [5.41, 5.74) is 12.7. The maximum Gasteiger partial charge on any atom is 0.161 e. The van der Waals surface area contributed by atoms with Crippen LogP contribution in [-0.2, 0) is 4.79 Å². The first-order valence-corrected chi connectivity index (χ1v) is 10.5. The Morgan fingerprint density at radius 1 is 1.17 bits per heavy atom. The molecule has 1 aliphatic carbocycles. The van der Waals surface area contributed by atoms with E-state index < -0.39 is 5.92 Å². The van der Waals surface area contributed by atoms with Crippen molar-refractivity contribution >= 4 is 27.4 Å². The predicted octanol–water partition coefficient (Wildman–Crippen LogP) is 5.37. The molecule has 0 saturated heterocycles. The Kier molecular flexibility index (Phi) is 5.06. The first-order chi connectivity index (χ1) is 13.9. The molecule has 29 heavy (non-hydrogen) atoms. The highest BCUT2D eigenvalue weighted by molar-refractivity contribution is 9.10. The maximum atomic E-state index is 13.2. The molecular formula is C24H22BrN3O. The highest BCUT2D eigenvalue weighted by Crippen LogP contribution is 2.47. The number of nitriles is 1. The molecular weight excluding hydrogens is 426 g/mol. The number of nitrogens with zero attached hydrogens (tertiary/aromatic N) is 2. The van der Waals surface area contributed by atoms with E-state index in [4.69, 9.17) is 5.73 Å². The van der Waals surface area contributed by atoms with Crippen molar-refractivity contribution in [2.24, 2.45) is 5.73 Å². The van der Waals surface area contributed by atoms with E-state index >= 15 is 0 Å². The average molecular weight is 448 g/mol. The van der Waals surface area contributed by atoms with Crippen LogP contribution in [0.1, 0.15) is 41.9 Å². The normalized spacial score (nSPS) is 19.3. The van der Waals surface area contributed by atoms with E-state index in [1.807, 2.05) is 55.1 Å². The minimum Gasteiger partial charge on any atom is -0.384 e. The van der Waals surface area contributed by atoms with Crippen molar-refractivity contribution in [2.45, 2.75) is 39.0 Å². The molecule has 2 aliphatic rings. The number of anilines is 1. The van der Waals surface area contributed by atoms with Gasteiger partial charge in [0, 0.05) is 27.9 Å². The summed E-state index contributed by atoms with van der Waals surface area (Å²) in [5, 5.41) is 10.1. The summed E-state index contributed by atoms with van der Waals surface area (Å²) in [7, 11) is 0. The van der Waals surface area contributed by atoms with Crippen LogP contribution in [0.25, 0.3) is 0 Å². The average Bonchev–Trinajstić information content (AvgIpc) is 2.69. The minimum atomic E-state index is -0.411. The lowest BCUT2D eigenvalue weighted by molar-refractivity contribution is -0.116. The van der Waals surface area contributed by atoms with Gasteiger partial charge in [0.05, 0.1) is 17.6 Å². The zero-order valence-corrected chi connectivity index (χ0v) is 18.1. The zero-order valence-electron chi connectivity index (χ0n) is 16.5. The smallest absolute Gasteiger partial charge is 0.161 e. The molecule has 1 heterocycles. The van der Waals surface area contributed by atoms with Crippen LogP contribution in [0.15, 0.2) is 69.6 Å². The minimum absolute atomic E-state index is 0.109. The fourth-order valence-corrected chi connectivity index (χ4v) is 4.77. The van der Waals surface area contributed by atoms with Gasteiger partial charge in [0.2, 0.25) is 0 Å². The van der Waals surface area contributed by atoms with Crippen molar-refractivity contribution < 1.29 is 4.79 Å². The molecule has 146 valence electrons. The number of benzene rings is 2. The topological polar surface area (TPSA) is 70.1 Å². The van der Waals surface area contributed by atoms with E-state index in [0.29, 0.717) is 17.8 Å². The first kappa shape index (κ1) is 19.5. The molecule has 4 nitrogen and oxygen atoms in total. The number of aryl methyl sites for hydroxylation is 2. The molecule has 1 unspecified atom stereocenters. The summed E-state index contributed by atoms with van der Waals surface area (Å²) in [5.74, 6) is 0.105. The number of rotatable bonds is 2. The molecule has 2 aromatic rings. The van der Waals surface area contributed by atoms with Gasteiger partial charge in [0.15, 0.2) is 5.78 Å². The number of ketones is 1. The van der Waals surface area contributed by atoms with Crippen molar-refractivity contribution in [2.75, 3.05) is 4.90 Å². The molecule has 2 N–H and O–H groups in total. The molecule has 5 heteroatoms. The van der Waals surface area contributed by atoms with Gasteiger partial charge in [-0.15, -0.1) is 0 Å². The maximum absolute atomic E-state index is 13.2. The summed E-state index contributed by atoms with van der Waals surface area (Å²) in [6.07, 6.45) is 2.05. The summed E-state index contributed by atoms with van der Waals surface area (Å²) >= 11 is 3.52. The summed E-state index contributed by atoms with van der Waals surface area (Å²) in [4.78, 5) is 15.1. The Morgan fingerprint density at radius 3 is 2.69 bits per heavy atom. The van der Waals surface area contributed by atoms with E-state index in [0.717, 1.165) is 51.0 Å². The van der Waals surface area contributed by atoms with Crippen LogP contribution in [0.4, 0.5) is 5.69 Å². The van der Waals surface area contributed by atoms with E-state index in [1.165, 1.54) is 0 Å². The summed E-state index contributed by atoms with van der Waals surface area (Å²) in [6.45, 7) is 4.05. The van der Waals surface area contributed by atoms with Crippen molar-refractivity contribution in [1.82, 2.24) is 0 Å². The quantitative estimate of drug-likeness (QED) is 0.671. The third-order valence-corrected chi connectivity index (χ3v) is 6.22. The van der Waals surface area contributed by atoms with E-state index in [-0.39, 0.29) is 5.78 Å². The molecule has 1 atom stereocenters. The number of carbonyl (C=O) groups is 1. The Bertz CT molecular complexity index is 1120. The first-order valence-electron chi connectivity index (χ1n) is 9.71. The van der Waals surface area contributed by atoms with E-state index in [2.05, 4.69) is 28.1 Å². The molecule has 0 radical (unpaired) electrons. The summed E-state index contributed by atoms with van der Waals surface area (Å²) < 4.78 is 0.919. The Hall–Kier alpha value is -2.84. The lowest BCUT2D eigenvalue weighted by atomic mass is 9.74. The molecule has 0 amide bonds. The third kappa shape index (κ3) is 3.28. The Labute approximate surface area is 179 Å². The van der Waals surface area contributed by atoms with Crippen molar-refractivity contribution in [3.8, 4) is 6.07 Å². The molecule has 2 aromatic carbocycles. The number of nitrogens with two attached hydrogens (primary N) is 1. The van der Waals surface area contributed by atoms with Crippen molar-refractivity contribution in [3.05, 3.63) is 86.3 Å². The van der Waals surface area contributed by atoms with Crippen molar-refractivity contribution in [1.29, 1.82) is 5.26 Å². The second-order valence-electron chi connectivity index (χ2n) is 7.66. The SMILES string of the molecule is Cc1ccc(C)c(C2C(C#N)=C(N)N(c3cccc(Br)c3)C3=C2C(=O)CCC3)c1. The number of Topliss-reactive ketones (excluding diaryl/α,β-unsaturated/α-hetero) is 1. The van der Waals surface area contributed by atoms with Crippen LogP contribution in [-0.4, -0.2) is 5.78 Å². The molecule has 4 rings (SSSR count). The Balaban J connectivity index is 2.01. The highest BCUT2D eigenvalue weighted by Gasteiger charge is 2.40. The van der Waals surface area contributed by atoms with Gasteiger partial charge in [0.25, 0.3) is 0 Å². The van der Waals surface area contributed by atoms with Gasteiger partial charge in [-0.05, 0) is 56.0 Å². The summed E-state index contributed by atoms with van der Waals surface area (Å²) in [6, 6.07) is 16.3. The van der Waals surface area contributed by atoms with Crippen LogP contribution in [0.3, 0.4) is 0 Å². The standard InChI is InChI=1S/C24H22BrN3O/c1-14-9-10-15(2)18(11-14)22-19(13-26)24(27)28(17-6-3-5-16(25)12-17)20-7-4-8-21(29)23(20)22/h3,5-6,9-12,22H,4,7-8,27H2,1-2H3. The lowest BCUT2D eigenvalue weighted by Crippen LogP contribution is -2.38. The second-order valence-corrected chi connectivity index (χ2v) is 8.57. The number of hydrogen-bond acceptors (Lipinski definition) is 4. The zero-order chi connectivity index (χ0) is 20.7. The predicted molar refractivity (Wildman–Crippen MR) is 118 cm³/mol. The molecule has 0 spiro atoms. The van der Waals surface area contributed by atoms with Gasteiger partial charge in [-0.2, -0.15) is 5.26 Å². The van der Waals surface area contributed by atoms with Gasteiger partial charge < -0.3 is 5.73 Å². The Morgan fingerprint density at radius 2 is 1.97 bits per heavy atom. The fraction of sp³-hybridized carbons (Fsp3) is 0.250. The van der Waals surface area contributed by atoms with Crippen LogP contribution in [0.2, 0.25) is 0 Å². The van der Waals surface area contributed by atoms with Crippen LogP contribution in [0, 0.1) is 25.2 Å². The number of carbonyl (C=O) groups excluding carboxylic acids is 1. The molecule has 1 aliphatic heterocycles. The van der Waals surface area contributed by atoms with Gasteiger partial charge in [-0.3, -0.25) is 9.69 Å². The monoisotopic (exact) mass is 447 g/mol. The number of halogens is 1. The van der Waals surface area contributed by atoms with E-state index in [1.54, 1.807) is 0 Å². The van der Waals surface area contributed by atoms with Gasteiger partial charge in [-0.1, -0.05) is 45.8 Å². The molecule has 0 saturated carbocycles. The van der Waals surface area contributed by atoms with Crippen LogP contribution >= 0.6 is 15.9 Å². The molecule has 0 aromatic heterocycles. The molecule has 0 fully saturated rings. The second kappa shape index (κ2) is 7.53. The van der Waals surface area contributed by atoms with Gasteiger partial charge in [-0.25, -0.2) is 0 Å². The van der Waals surface area contributed by atoms with Crippen LogP contribution in [0.5, 0.6) is 0 Å². The number of allylic oxidation sites excluding steroid dienone is 3. The lowest BCUT2D eigenvalue weighted by Gasteiger charge is -2.40. The van der Waals surface area contributed by atoms with Gasteiger partial charge >= 0.3 is 0 Å². The molecule has 0 bridgehead atoms. The van der Waals surface area contributed by atoms with E-state index in [9.17, 15) is 10.1 Å². The van der Waals surface area contributed by atoms with Gasteiger partial charge in [0.1, 0.15) is 5.82 Å². The largest absolute Gasteiger partial charge is 0.384 e. The number of hydrogen-bond donors (Lipinski definition) is 1. The van der Waals surface area contributed by atoms with Crippen LogP contribution < -0.4 is 10.6 Å². The third-order valence-electron chi connectivity index (χ3n) is 5.73.